The SMILES string of the molecule is O=C(Nc1ccc([N+](=O)[O-])cc1Cl)[C@@H](Nc1ccccc1)c1ccccc1. The lowest BCUT2D eigenvalue weighted by Crippen LogP contribution is -2.27. The number of halogens is 1. The van der Waals surface area contributed by atoms with Gasteiger partial charge in [0.1, 0.15) is 6.04 Å². The second-order valence-corrected chi connectivity index (χ2v) is 6.17. The highest BCUT2D eigenvalue weighted by Gasteiger charge is 2.22. The lowest BCUT2D eigenvalue weighted by atomic mass is 10.1. The maximum Gasteiger partial charge on any atom is 0.271 e. The van der Waals surface area contributed by atoms with Gasteiger partial charge in [0.2, 0.25) is 0 Å². The highest BCUT2D eigenvalue weighted by atomic mass is 35.5. The number of non-ortho nitro benzene ring substituents is 1. The second-order valence-electron chi connectivity index (χ2n) is 5.76. The topological polar surface area (TPSA) is 84.3 Å². The Labute approximate surface area is 160 Å². The molecule has 0 aliphatic heterocycles. The first kappa shape index (κ1) is 18.4. The van der Waals surface area contributed by atoms with Crippen molar-refractivity contribution in [2.75, 3.05) is 10.6 Å². The number of carbonyl (C=O) groups excluding carboxylic acids is 1. The molecule has 2 N–H and O–H groups in total. The Morgan fingerprint density at radius 2 is 1.59 bits per heavy atom. The fraction of sp³-hybridized carbons (Fsp3) is 0.0500. The summed E-state index contributed by atoms with van der Waals surface area (Å²) < 4.78 is 0. The van der Waals surface area contributed by atoms with Gasteiger partial charge >= 0.3 is 0 Å². The molecular formula is C20H16ClN3O3. The van der Waals surface area contributed by atoms with Crippen molar-refractivity contribution in [1.82, 2.24) is 0 Å². The molecule has 0 aliphatic carbocycles. The fourth-order valence-corrected chi connectivity index (χ4v) is 2.79. The molecule has 6 nitrogen and oxygen atoms in total. The zero-order chi connectivity index (χ0) is 19.2. The summed E-state index contributed by atoms with van der Waals surface area (Å²) in [5.41, 5.74) is 1.73. The number of nitro groups is 1. The van der Waals surface area contributed by atoms with Crippen molar-refractivity contribution >= 4 is 34.6 Å². The first-order valence-electron chi connectivity index (χ1n) is 8.16. The quantitative estimate of drug-likeness (QED) is 0.462. The van der Waals surface area contributed by atoms with E-state index in [-0.39, 0.29) is 16.6 Å². The summed E-state index contributed by atoms with van der Waals surface area (Å²) in [6, 6.07) is 21.9. The molecular weight excluding hydrogens is 366 g/mol. The predicted molar refractivity (Wildman–Crippen MR) is 106 cm³/mol. The largest absolute Gasteiger partial charge is 0.370 e. The normalized spacial score (nSPS) is 11.4. The molecule has 0 aromatic heterocycles. The molecule has 0 fully saturated rings. The van der Waals surface area contributed by atoms with E-state index in [1.165, 1.54) is 18.2 Å². The van der Waals surface area contributed by atoms with Crippen LogP contribution in [0.5, 0.6) is 0 Å². The summed E-state index contributed by atoms with van der Waals surface area (Å²) in [5.74, 6) is -0.333. The van der Waals surface area contributed by atoms with Gasteiger partial charge in [0.25, 0.3) is 11.6 Å². The number of para-hydroxylation sites is 1. The summed E-state index contributed by atoms with van der Waals surface area (Å²) in [6.07, 6.45) is 0. The van der Waals surface area contributed by atoms with Gasteiger partial charge in [-0.1, -0.05) is 60.1 Å². The van der Waals surface area contributed by atoms with Gasteiger partial charge in [-0.05, 0) is 23.8 Å². The summed E-state index contributed by atoms with van der Waals surface area (Å²) in [7, 11) is 0. The summed E-state index contributed by atoms with van der Waals surface area (Å²) in [5, 5.41) is 16.9. The number of rotatable bonds is 6. The maximum absolute atomic E-state index is 12.9. The van der Waals surface area contributed by atoms with Gasteiger partial charge < -0.3 is 10.6 Å². The summed E-state index contributed by atoms with van der Waals surface area (Å²) in [6.45, 7) is 0. The Balaban J connectivity index is 1.86. The Bertz CT molecular complexity index is 949. The number of anilines is 2. The van der Waals surface area contributed by atoms with Crippen molar-refractivity contribution in [3.8, 4) is 0 Å². The number of amides is 1. The third-order valence-electron chi connectivity index (χ3n) is 3.90. The average molecular weight is 382 g/mol. The van der Waals surface area contributed by atoms with E-state index >= 15 is 0 Å². The molecule has 0 aliphatic rings. The number of hydrogen-bond donors (Lipinski definition) is 2. The maximum atomic E-state index is 12.9. The van der Waals surface area contributed by atoms with Crippen LogP contribution in [-0.4, -0.2) is 10.8 Å². The molecule has 0 heterocycles. The number of benzene rings is 3. The van der Waals surface area contributed by atoms with Crippen LogP contribution in [-0.2, 0) is 4.79 Å². The van der Waals surface area contributed by atoms with Crippen LogP contribution in [0.3, 0.4) is 0 Å². The van der Waals surface area contributed by atoms with Gasteiger partial charge in [-0.2, -0.15) is 0 Å². The lowest BCUT2D eigenvalue weighted by Gasteiger charge is -2.20. The second kappa shape index (κ2) is 8.33. The smallest absolute Gasteiger partial charge is 0.271 e. The molecule has 3 aromatic carbocycles. The molecule has 136 valence electrons. The fourth-order valence-electron chi connectivity index (χ4n) is 2.57. The number of hydrogen-bond acceptors (Lipinski definition) is 4. The van der Waals surface area contributed by atoms with Crippen molar-refractivity contribution in [2.24, 2.45) is 0 Å². The van der Waals surface area contributed by atoms with E-state index in [9.17, 15) is 14.9 Å². The molecule has 27 heavy (non-hydrogen) atoms. The monoisotopic (exact) mass is 381 g/mol. The molecule has 0 saturated heterocycles. The number of nitrogens with zero attached hydrogens (tertiary/aromatic N) is 1. The molecule has 0 unspecified atom stereocenters. The van der Waals surface area contributed by atoms with Gasteiger partial charge in [-0.25, -0.2) is 0 Å². The van der Waals surface area contributed by atoms with Crippen LogP contribution in [0.25, 0.3) is 0 Å². The highest BCUT2D eigenvalue weighted by molar-refractivity contribution is 6.34. The van der Waals surface area contributed by atoms with Crippen molar-refractivity contribution in [2.45, 2.75) is 6.04 Å². The molecule has 1 atom stereocenters. The minimum atomic E-state index is -0.667. The third kappa shape index (κ3) is 4.62. The minimum absolute atomic E-state index is 0.101. The summed E-state index contributed by atoms with van der Waals surface area (Å²) in [4.78, 5) is 23.2. The van der Waals surface area contributed by atoms with Crippen LogP contribution in [0.2, 0.25) is 5.02 Å². The Kier molecular flexibility index (Phi) is 5.68. The van der Waals surface area contributed by atoms with Crippen LogP contribution in [0.4, 0.5) is 17.1 Å². The van der Waals surface area contributed by atoms with E-state index in [4.69, 9.17) is 11.6 Å². The highest BCUT2D eigenvalue weighted by Crippen LogP contribution is 2.28. The van der Waals surface area contributed by atoms with Gasteiger partial charge in [0.05, 0.1) is 15.6 Å². The van der Waals surface area contributed by atoms with E-state index in [2.05, 4.69) is 10.6 Å². The van der Waals surface area contributed by atoms with Crippen molar-refractivity contribution in [3.63, 3.8) is 0 Å². The lowest BCUT2D eigenvalue weighted by molar-refractivity contribution is -0.384. The van der Waals surface area contributed by atoms with Crippen LogP contribution in [0, 0.1) is 10.1 Å². The van der Waals surface area contributed by atoms with Gasteiger partial charge in [0.15, 0.2) is 0 Å². The van der Waals surface area contributed by atoms with E-state index in [0.717, 1.165) is 11.3 Å². The Morgan fingerprint density at radius 1 is 0.963 bits per heavy atom. The zero-order valence-corrected chi connectivity index (χ0v) is 14.9. The van der Waals surface area contributed by atoms with E-state index in [1.54, 1.807) is 0 Å². The molecule has 3 aromatic rings. The minimum Gasteiger partial charge on any atom is -0.370 e. The Hall–Kier alpha value is -3.38. The van der Waals surface area contributed by atoms with E-state index in [0.29, 0.717) is 5.69 Å². The first-order valence-corrected chi connectivity index (χ1v) is 8.54. The molecule has 0 radical (unpaired) electrons. The summed E-state index contributed by atoms with van der Waals surface area (Å²) >= 11 is 6.09. The van der Waals surface area contributed by atoms with Gasteiger partial charge in [0, 0.05) is 17.8 Å². The predicted octanol–water partition coefficient (Wildman–Crippen LogP) is 5.04. The number of nitrogens with one attached hydrogen (secondary N) is 2. The van der Waals surface area contributed by atoms with Gasteiger partial charge in [-0.3, -0.25) is 14.9 Å². The molecule has 7 heteroatoms. The molecule has 3 rings (SSSR count). The van der Waals surface area contributed by atoms with Crippen LogP contribution in [0.1, 0.15) is 11.6 Å². The average Bonchev–Trinajstić information content (AvgIpc) is 2.69. The van der Waals surface area contributed by atoms with Crippen LogP contribution in [0.15, 0.2) is 78.9 Å². The van der Waals surface area contributed by atoms with E-state index in [1.807, 2.05) is 60.7 Å². The molecule has 0 saturated carbocycles. The Morgan fingerprint density at radius 3 is 2.19 bits per heavy atom. The number of carbonyl (C=O) groups is 1. The molecule has 0 spiro atoms. The molecule has 1 amide bonds. The standard InChI is InChI=1S/C20H16ClN3O3/c21-17-13-16(24(26)27)11-12-18(17)23-20(25)19(14-7-3-1-4-8-14)22-15-9-5-2-6-10-15/h1-13,19,22H,(H,23,25)/t19-/m0/s1. The zero-order valence-electron chi connectivity index (χ0n) is 14.1. The van der Waals surface area contributed by atoms with Crippen molar-refractivity contribution < 1.29 is 9.72 Å². The number of nitro benzene ring substituents is 1. The van der Waals surface area contributed by atoms with E-state index < -0.39 is 11.0 Å². The molecule has 0 bridgehead atoms. The third-order valence-corrected chi connectivity index (χ3v) is 4.21. The van der Waals surface area contributed by atoms with Crippen molar-refractivity contribution in [1.29, 1.82) is 0 Å². The first-order chi connectivity index (χ1) is 13.0. The van der Waals surface area contributed by atoms with Crippen LogP contribution < -0.4 is 10.6 Å². The van der Waals surface area contributed by atoms with Gasteiger partial charge in [-0.15, -0.1) is 0 Å². The van der Waals surface area contributed by atoms with Crippen molar-refractivity contribution in [3.05, 3.63) is 99.6 Å². The van der Waals surface area contributed by atoms with Crippen LogP contribution >= 0.6 is 11.6 Å².